The van der Waals surface area contributed by atoms with Crippen LogP contribution in [0, 0.1) is 0 Å². The Kier molecular flexibility index (Phi) is 4.77. The highest BCUT2D eigenvalue weighted by atomic mass is 32.1. The smallest absolute Gasteiger partial charge is 0.329 e. The lowest BCUT2D eigenvalue weighted by Crippen LogP contribution is -2.42. The predicted octanol–water partition coefficient (Wildman–Crippen LogP) is 4.48. The highest BCUT2D eigenvalue weighted by Gasteiger charge is 2.47. The summed E-state index contributed by atoms with van der Waals surface area (Å²) in [6.45, 7) is 0. The molecular formula is C22H19NO3S. The molecule has 1 aliphatic heterocycles. The SMILES string of the molecule is COC(=O)[C@H]1[C@@H](c2ccccc2)CC(=O)N1c1ccccc1-c1cccs1. The van der Waals surface area contributed by atoms with E-state index in [0.717, 1.165) is 21.7 Å². The maximum Gasteiger partial charge on any atom is 0.329 e. The third-order valence-corrected chi connectivity index (χ3v) is 5.85. The fourth-order valence-corrected chi connectivity index (χ4v) is 4.49. The summed E-state index contributed by atoms with van der Waals surface area (Å²) in [5, 5.41) is 2.00. The number of esters is 1. The molecule has 2 atom stereocenters. The second kappa shape index (κ2) is 7.37. The Morgan fingerprint density at radius 1 is 1.04 bits per heavy atom. The van der Waals surface area contributed by atoms with E-state index >= 15 is 0 Å². The van der Waals surface area contributed by atoms with Crippen LogP contribution in [0.3, 0.4) is 0 Å². The average Bonchev–Trinajstić information content (AvgIpc) is 3.36. The minimum Gasteiger partial charge on any atom is -0.467 e. The number of anilines is 1. The Labute approximate surface area is 162 Å². The van der Waals surface area contributed by atoms with Gasteiger partial charge in [0.2, 0.25) is 5.91 Å². The minimum absolute atomic E-state index is 0.0664. The van der Waals surface area contributed by atoms with E-state index in [1.165, 1.54) is 7.11 Å². The van der Waals surface area contributed by atoms with E-state index in [-0.39, 0.29) is 18.2 Å². The van der Waals surface area contributed by atoms with Gasteiger partial charge in [-0.2, -0.15) is 0 Å². The number of methoxy groups -OCH3 is 1. The van der Waals surface area contributed by atoms with Crippen molar-refractivity contribution in [3.8, 4) is 10.4 Å². The van der Waals surface area contributed by atoms with Crippen molar-refractivity contribution in [2.75, 3.05) is 12.0 Å². The molecule has 2 aromatic carbocycles. The van der Waals surface area contributed by atoms with Crippen molar-refractivity contribution in [1.82, 2.24) is 0 Å². The van der Waals surface area contributed by atoms with Crippen LogP contribution >= 0.6 is 11.3 Å². The van der Waals surface area contributed by atoms with Gasteiger partial charge in [-0.3, -0.25) is 9.69 Å². The number of hydrogen-bond donors (Lipinski definition) is 0. The van der Waals surface area contributed by atoms with Gasteiger partial charge in [0.25, 0.3) is 0 Å². The van der Waals surface area contributed by atoms with Gasteiger partial charge in [0.1, 0.15) is 6.04 Å². The van der Waals surface area contributed by atoms with E-state index in [2.05, 4.69) is 0 Å². The summed E-state index contributed by atoms with van der Waals surface area (Å²) in [5.74, 6) is -0.693. The topological polar surface area (TPSA) is 46.6 Å². The molecule has 2 heterocycles. The standard InChI is InChI=1S/C22H19NO3S/c1-26-22(25)21-17(15-8-3-2-4-9-15)14-20(24)23(21)18-11-6-5-10-16(18)19-12-7-13-27-19/h2-13,17,21H,14H2,1H3/t17-,21-/m1/s1. The Hall–Kier alpha value is -2.92. The van der Waals surface area contributed by atoms with E-state index in [9.17, 15) is 9.59 Å². The monoisotopic (exact) mass is 377 g/mol. The van der Waals surface area contributed by atoms with E-state index in [4.69, 9.17) is 4.74 Å². The van der Waals surface area contributed by atoms with Crippen LogP contribution in [0.5, 0.6) is 0 Å². The van der Waals surface area contributed by atoms with Crippen LogP contribution in [0.4, 0.5) is 5.69 Å². The van der Waals surface area contributed by atoms with Crippen LogP contribution in [0.2, 0.25) is 0 Å². The van der Waals surface area contributed by atoms with Crippen molar-refractivity contribution in [2.24, 2.45) is 0 Å². The third-order valence-electron chi connectivity index (χ3n) is 4.94. The third kappa shape index (κ3) is 3.15. The second-order valence-corrected chi connectivity index (χ2v) is 7.40. The van der Waals surface area contributed by atoms with Gasteiger partial charge in [0.15, 0.2) is 0 Å². The highest BCUT2D eigenvalue weighted by molar-refractivity contribution is 7.13. The lowest BCUT2D eigenvalue weighted by Gasteiger charge is -2.28. The molecule has 1 amide bonds. The van der Waals surface area contributed by atoms with Gasteiger partial charge in [-0.05, 0) is 23.1 Å². The molecule has 1 saturated heterocycles. The van der Waals surface area contributed by atoms with Crippen molar-refractivity contribution in [1.29, 1.82) is 0 Å². The van der Waals surface area contributed by atoms with Gasteiger partial charge < -0.3 is 4.74 Å². The van der Waals surface area contributed by atoms with E-state index in [1.54, 1.807) is 16.2 Å². The number of hydrogen-bond acceptors (Lipinski definition) is 4. The predicted molar refractivity (Wildman–Crippen MR) is 107 cm³/mol. The first-order valence-corrected chi connectivity index (χ1v) is 9.66. The molecule has 0 radical (unpaired) electrons. The number of thiophene rings is 1. The number of rotatable bonds is 4. The molecule has 1 aliphatic rings. The Balaban J connectivity index is 1.83. The number of benzene rings is 2. The minimum atomic E-state index is -0.675. The van der Waals surface area contributed by atoms with E-state index < -0.39 is 12.0 Å². The van der Waals surface area contributed by atoms with Crippen molar-refractivity contribution in [3.05, 3.63) is 77.7 Å². The normalized spacial score (nSPS) is 19.3. The molecule has 136 valence electrons. The summed E-state index contributed by atoms with van der Waals surface area (Å²) < 4.78 is 5.09. The summed E-state index contributed by atoms with van der Waals surface area (Å²) in [7, 11) is 1.37. The fourth-order valence-electron chi connectivity index (χ4n) is 3.73. The lowest BCUT2D eigenvalue weighted by atomic mass is 9.91. The molecule has 27 heavy (non-hydrogen) atoms. The van der Waals surface area contributed by atoms with Crippen molar-refractivity contribution >= 4 is 28.9 Å². The van der Waals surface area contributed by atoms with Gasteiger partial charge in [-0.15, -0.1) is 11.3 Å². The molecule has 0 unspecified atom stereocenters. The summed E-state index contributed by atoms with van der Waals surface area (Å²) >= 11 is 1.61. The van der Waals surface area contributed by atoms with Crippen LogP contribution in [-0.2, 0) is 14.3 Å². The quantitative estimate of drug-likeness (QED) is 0.630. The van der Waals surface area contributed by atoms with Gasteiger partial charge in [0.05, 0.1) is 12.8 Å². The van der Waals surface area contributed by atoms with Crippen molar-refractivity contribution in [2.45, 2.75) is 18.4 Å². The maximum absolute atomic E-state index is 13.0. The highest BCUT2D eigenvalue weighted by Crippen LogP contribution is 2.42. The average molecular weight is 377 g/mol. The van der Waals surface area contributed by atoms with Crippen LogP contribution in [-0.4, -0.2) is 25.0 Å². The fraction of sp³-hybridized carbons (Fsp3) is 0.182. The Morgan fingerprint density at radius 3 is 2.48 bits per heavy atom. The molecule has 0 aliphatic carbocycles. The summed E-state index contributed by atoms with van der Waals surface area (Å²) in [6.07, 6.45) is 0.280. The first-order chi connectivity index (χ1) is 13.2. The van der Waals surface area contributed by atoms with Crippen LogP contribution < -0.4 is 4.90 Å². The Bertz CT molecular complexity index is 953. The van der Waals surface area contributed by atoms with Gasteiger partial charge >= 0.3 is 5.97 Å². The molecule has 1 fully saturated rings. The molecule has 0 N–H and O–H groups in total. The molecule has 1 aromatic heterocycles. The van der Waals surface area contributed by atoms with Crippen LogP contribution in [0.25, 0.3) is 10.4 Å². The lowest BCUT2D eigenvalue weighted by molar-refractivity contribution is -0.142. The van der Waals surface area contributed by atoms with E-state index in [0.29, 0.717) is 0 Å². The van der Waals surface area contributed by atoms with Crippen LogP contribution in [0.15, 0.2) is 72.1 Å². The molecule has 5 heteroatoms. The number of ether oxygens (including phenoxy) is 1. The number of carbonyl (C=O) groups excluding carboxylic acids is 2. The molecule has 0 saturated carbocycles. The first-order valence-electron chi connectivity index (χ1n) is 8.78. The molecular weight excluding hydrogens is 358 g/mol. The first kappa shape index (κ1) is 17.5. The van der Waals surface area contributed by atoms with Crippen LogP contribution in [0.1, 0.15) is 17.9 Å². The Morgan fingerprint density at radius 2 is 1.78 bits per heavy atom. The molecule has 4 rings (SSSR count). The van der Waals surface area contributed by atoms with Crippen molar-refractivity contribution in [3.63, 3.8) is 0 Å². The van der Waals surface area contributed by atoms with E-state index in [1.807, 2.05) is 72.1 Å². The van der Waals surface area contributed by atoms with Gasteiger partial charge in [-0.1, -0.05) is 54.6 Å². The zero-order chi connectivity index (χ0) is 18.8. The summed E-state index contributed by atoms with van der Waals surface area (Å²) in [4.78, 5) is 28.4. The molecule has 4 nitrogen and oxygen atoms in total. The second-order valence-electron chi connectivity index (χ2n) is 6.45. The van der Waals surface area contributed by atoms with Gasteiger partial charge in [-0.25, -0.2) is 4.79 Å². The summed E-state index contributed by atoms with van der Waals surface area (Å²) in [6, 6.07) is 20.7. The largest absolute Gasteiger partial charge is 0.467 e. The molecule has 3 aromatic rings. The zero-order valence-electron chi connectivity index (χ0n) is 14.9. The number of amides is 1. The maximum atomic E-state index is 13.0. The number of para-hydroxylation sites is 1. The molecule has 0 spiro atoms. The van der Waals surface area contributed by atoms with Crippen molar-refractivity contribution < 1.29 is 14.3 Å². The number of carbonyl (C=O) groups is 2. The summed E-state index contributed by atoms with van der Waals surface area (Å²) in [5.41, 5.74) is 2.67. The zero-order valence-corrected chi connectivity index (χ0v) is 15.7. The number of nitrogens with zero attached hydrogens (tertiary/aromatic N) is 1. The van der Waals surface area contributed by atoms with Gasteiger partial charge in [0, 0.05) is 22.8 Å². The molecule has 0 bridgehead atoms.